The molecule has 7 heteroatoms. The lowest BCUT2D eigenvalue weighted by Crippen LogP contribution is -2.31. The molecule has 2 N–H and O–H groups in total. The largest absolute Gasteiger partial charge is 0.377 e. The number of aryl methyl sites for hydroxylation is 1. The lowest BCUT2D eigenvalue weighted by molar-refractivity contribution is 0.114. The lowest BCUT2D eigenvalue weighted by Gasteiger charge is -2.10. The number of rotatable bonds is 7. The van der Waals surface area contributed by atoms with Crippen LogP contribution in [-0.4, -0.2) is 38.8 Å². The molecule has 114 valence electrons. The maximum Gasteiger partial charge on any atom is 0.242 e. The summed E-state index contributed by atoms with van der Waals surface area (Å²) >= 11 is 0. The van der Waals surface area contributed by atoms with Crippen molar-refractivity contribution in [2.75, 3.05) is 19.7 Å². The minimum atomic E-state index is -3.45. The summed E-state index contributed by atoms with van der Waals surface area (Å²) in [4.78, 5) is 0.311. The van der Waals surface area contributed by atoms with Gasteiger partial charge in [0.15, 0.2) is 0 Å². The summed E-state index contributed by atoms with van der Waals surface area (Å²) in [6.45, 7) is 4.60. The van der Waals surface area contributed by atoms with Crippen LogP contribution in [0.15, 0.2) is 17.2 Å². The summed E-state index contributed by atoms with van der Waals surface area (Å²) in [6, 6.07) is 1.71. The van der Waals surface area contributed by atoms with Crippen molar-refractivity contribution in [2.24, 2.45) is 7.05 Å². The van der Waals surface area contributed by atoms with E-state index in [4.69, 9.17) is 4.74 Å². The molecule has 0 spiro atoms. The van der Waals surface area contributed by atoms with Gasteiger partial charge < -0.3 is 14.6 Å². The number of nitrogens with zero attached hydrogens (tertiary/aromatic N) is 1. The van der Waals surface area contributed by atoms with Crippen molar-refractivity contribution in [3.63, 3.8) is 0 Å². The van der Waals surface area contributed by atoms with Crippen LogP contribution in [0.25, 0.3) is 0 Å². The Morgan fingerprint density at radius 3 is 2.95 bits per heavy atom. The average Bonchev–Trinajstić information content (AvgIpc) is 3.04. The van der Waals surface area contributed by atoms with E-state index in [0.29, 0.717) is 18.0 Å². The molecule has 0 aromatic carbocycles. The first-order chi connectivity index (χ1) is 9.53. The molecule has 0 aliphatic carbocycles. The third-order valence-corrected chi connectivity index (χ3v) is 4.86. The van der Waals surface area contributed by atoms with Gasteiger partial charge in [-0.2, -0.15) is 0 Å². The van der Waals surface area contributed by atoms with E-state index in [1.807, 2.05) is 18.5 Å². The normalized spacial score (nSPS) is 19.6. The van der Waals surface area contributed by atoms with E-state index in [9.17, 15) is 8.42 Å². The second-order valence-electron chi connectivity index (χ2n) is 5.05. The fourth-order valence-corrected chi connectivity index (χ4v) is 3.40. The van der Waals surface area contributed by atoms with E-state index >= 15 is 0 Å². The first-order valence-corrected chi connectivity index (χ1v) is 8.48. The van der Waals surface area contributed by atoms with Gasteiger partial charge in [0.25, 0.3) is 0 Å². The van der Waals surface area contributed by atoms with Crippen LogP contribution in [0.4, 0.5) is 0 Å². The fraction of sp³-hybridized carbons (Fsp3) is 0.692. The monoisotopic (exact) mass is 301 g/mol. The molecule has 2 heterocycles. The van der Waals surface area contributed by atoms with E-state index in [1.54, 1.807) is 12.3 Å². The predicted molar refractivity (Wildman–Crippen MR) is 77.0 cm³/mol. The molecule has 1 atom stereocenters. The van der Waals surface area contributed by atoms with Crippen LogP contribution in [0.2, 0.25) is 0 Å². The molecular formula is C13H23N3O3S. The van der Waals surface area contributed by atoms with Gasteiger partial charge in [-0.3, -0.25) is 0 Å². The Bertz CT molecular complexity index is 533. The molecule has 6 nitrogen and oxygen atoms in total. The van der Waals surface area contributed by atoms with E-state index in [-0.39, 0.29) is 6.10 Å². The highest BCUT2D eigenvalue weighted by molar-refractivity contribution is 7.89. The lowest BCUT2D eigenvalue weighted by atomic mass is 10.2. The van der Waals surface area contributed by atoms with Crippen molar-refractivity contribution < 1.29 is 13.2 Å². The smallest absolute Gasteiger partial charge is 0.242 e. The van der Waals surface area contributed by atoms with Gasteiger partial charge in [0.2, 0.25) is 10.0 Å². The van der Waals surface area contributed by atoms with Crippen molar-refractivity contribution in [1.82, 2.24) is 14.6 Å². The highest BCUT2D eigenvalue weighted by atomic mass is 32.2. The zero-order chi connectivity index (χ0) is 14.6. The first kappa shape index (κ1) is 15.5. The van der Waals surface area contributed by atoms with E-state index in [1.165, 1.54) is 0 Å². The van der Waals surface area contributed by atoms with Crippen molar-refractivity contribution >= 4 is 10.0 Å². The second-order valence-corrected chi connectivity index (χ2v) is 6.81. The minimum absolute atomic E-state index is 0.00900. The van der Waals surface area contributed by atoms with Crippen LogP contribution in [-0.2, 0) is 28.4 Å². The Balaban J connectivity index is 2.00. The third kappa shape index (κ3) is 3.82. The van der Waals surface area contributed by atoms with Gasteiger partial charge in [0, 0.05) is 38.6 Å². The molecule has 1 aliphatic rings. The molecule has 0 radical (unpaired) electrons. The number of ether oxygens (including phenoxy) is 1. The van der Waals surface area contributed by atoms with Gasteiger partial charge in [-0.05, 0) is 25.5 Å². The molecule has 20 heavy (non-hydrogen) atoms. The van der Waals surface area contributed by atoms with Gasteiger partial charge in [-0.1, -0.05) is 6.92 Å². The molecule has 1 unspecified atom stereocenters. The zero-order valence-electron chi connectivity index (χ0n) is 12.1. The number of sulfonamides is 1. The Labute approximate surface area is 120 Å². The standard InChI is InChI=1S/C13H23N3O3S/c1-3-14-8-11-7-13(10-16(11)2)20(17,18)15-9-12-5-4-6-19-12/h7,10,12,14-15H,3-6,8-9H2,1-2H3. The molecule has 1 aromatic rings. The van der Waals surface area contributed by atoms with Crippen LogP contribution in [0.3, 0.4) is 0 Å². The Morgan fingerprint density at radius 2 is 2.30 bits per heavy atom. The van der Waals surface area contributed by atoms with Crippen molar-refractivity contribution in [3.05, 3.63) is 18.0 Å². The summed E-state index contributed by atoms with van der Waals surface area (Å²) in [7, 11) is -1.60. The van der Waals surface area contributed by atoms with E-state index in [2.05, 4.69) is 10.0 Å². The SMILES string of the molecule is CCNCc1cc(S(=O)(=O)NCC2CCCO2)cn1C. The predicted octanol–water partition coefficient (Wildman–Crippen LogP) is 0.592. The van der Waals surface area contributed by atoms with Crippen molar-refractivity contribution in [1.29, 1.82) is 0 Å². The molecule has 1 aromatic heterocycles. The van der Waals surface area contributed by atoms with Crippen LogP contribution in [0, 0.1) is 0 Å². The van der Waals surface area contributed by atoms with Crippen LogP contribution in [0.5, 0.6) is 0 Å². The topological polar surface area (TPSA) is 72.4 Å². The Morgan fingerprint density at radius 1 is 1.50 bits per heavy atom. The summed E-state index contributed by atoms with van der Waals surface area (Å²) < 4.78 is 34.3. The maximum absolute atomic E-state index is 12.2. The maximum atomic E-state index is 12.2. The highest BCUT2D eigenvalue weighted by Crippen LogP contribution is 2.15. The molecule has 1 aliphatic heterocycles. The Hall–Kier alpha value is -0.890. The Kier molecular flexibility index (Phi) is 5.20. The molecule has 0 bridgehead atoms. The van der Waals surface area contributed by atoms with Crippen LogP contribution in [0.1, 0.15) is 25.5 Å². The first-order valence-electron chi connectivity index (χ1n) is 7.00. The summed E-state index contributed by atoms with van der Waals surface area (Å²) in [5, 5.41) is 3.19. The number of aromatic nitrogens is 1. The minimum Gasteiger partial charge on any atom is -0.377 e. The quantitative estimate of drug-likeness (QED) is 0.773. The third-order valence-electron chi connectivity index (χ3n) is 3.47. The van der Waals surface area contributed by atoms with Crippen molar-refractivity contribution in [2.45, 2.75) is 37.3 Å². The second kappa shape index (κ2) is 6.71. The van der Waals surface area contributed by atoms with Crippen LogP contribution < -0.4 is 10.0 Å². The molecular weight excluding hydrogens is 278 g/mol. The van der Waals surface area contributed by atoms with Gasteiger partial charge in [-0.15, -0.1) is 0 Å². The van der Waals surface area contributed by atoms with Gasteiger partial charge >= 0.3 is 0 Å². The van der Waals surface area contributed by atoms with Crippen LogP contribution >= 0.6 is 0 Å². The molecule has 0 amide bonds. The fourth-order valence-electron chi connectivity index (χ4n) is 2.24. The van der Waals surface area contributed by atoms with Gasteiger partial charge in [0.05, 0.1) is 11.0 Å². The summed E-state index contributed by atoms with van der Waals surface area (Å²) in [5.41, 5.74) is 0.948. The highest BCUT2D eigenvalue weighted by Gasteiger charge is 2.21. The number of hydrogen-bond acceptors (Lipinski definition) is 4. The zero-order valence-corrected chi connectivity index (χ0v) is 12.9. The van der Waals surface area contributed by atoms with E-state index < -0.39 is 10.0 Å². The molecule has 2 rings (SSSR count). The van der Waals surface area contributed by atoms with Crippen molar-refractivity contribution in [3.8, 4) is 0 Å². The number of hydrogen-bond donors (Lipinski definition) is 2. The van der Waals surface area contributed by atoms with Gasteiger partial charge in [0.1, 0.15) is 0 Å². The van der Waals surface area contributed by atoms with E-state index in [0.717, 1.165) is 31.7 Å². The molecule has 1 saturated heterocycles. The van der Waals surface area contributed by atoms with Gasteiger partial charge in [-0.25, -0.2) is 13.1 Å². The molecule has 0 saturated carbocycles. The number of nitrogens with one attached hydrogen (secondary N) is 2. The summed E-state index contributed by atoms with van der Waals surface area (Å²) in [5.74, 6) is 0. The molecule has 1 fully saturated rings. The summed E-state index contributed by atoms with van der Waals surface area (Å²) in [6.07, 6.45) is 3.58. The average molecular weight is 301 g/mol.